The lowest BCUT2D eigenvalue weighted by Crippen LogP contribution is -2.25. The van der Waals surface area contributed by atoms with Gasteiger partial charge in [0.05, 0.1) is 0 Å². The first kappa shape index (κ1) is 8.85. The van der Waals surface area contributed by atoms with E-state index in [1.165, 1.54) is 0 Å². The molecule has 1 rings (SSSR count). The number of hydrogen-bond donors (Lipinski definition) is 3. The predicted molar refractivity (Wildman–Crippen MR) is 45.0 cm³/mol. The van der Waals surface area contributed by atoms with E-state index in [2.05, 4.69) is 10.4 Å². The van der Waals surface area contributed by atoms with E-state index in [4.69, 9.17) is 11.6 Å². The summed E-state index contributed by atoms with van der Waals surface area (Å²) in [5.74, 6) is 4.23. The second kappa shape index (κ2) is 3.44. The largest absolute Gasteiger partial charge is 0.377 e. The molecule has 1 saturated heterocycles. The van der Waals surface area contributed by atoms with Gasteiger partial charge in [-0.25, -0.2) is 0 Å². The fourth-order valence-electron chi connectivity index (χ4n) is 0.801. The summed E-state index contributed by atoms with van der Waals surface area (Å²) < 4.78 is 0. The smallest absolute Gasteiger partial charge is 0.240 e. The standard InChI is InChI=1S/C5H8N4O2S/c6-5(9-7)12-2-1-3(10)8-4(2)11/h2H,1,7H2,(H2,6,9)(H,8,10,11). The number of nitrogens with one attached hydrogen (secondary N) is 1. The van der Waals surface area contributed by atoms with Gasteiger partial charge in [-0.05, 0) is 0 Å². The molecule has 1 atom stereocenters. The molecular weight excluding hydrogens is 180 g/mol. The Morgan fingerprint density at radius 1 is 1.67 bits per heavy atom. The van der Waals surface area contributed by atoms with Gasteiger partial charge in [-0.1, -0.05) is 11.8 Å². The Hall–Kier alpha value is -1.24. The maximum absolute atomic E-state index is 10.9. The molecular formula is C5H8N4O2S. The van der Waals surface area contributed by atoms with Crippen LogP contribution < -0.4 is 16.9 Å². The van der Waals surface area contributed by atoms with Crippen molar-refractivity contribution in [2.45, 2.75) is 11.7 Å². The number of carbonyl (C=O) groups excluding carboxylic acids is 2. The molecule has 0 aromatic heterocycles. The van der Waals surface area contributed by atoms with Crippen LogP contribution in [-0.2, 0) is 9.59 Å². The summed E-state index contributed by atoms with van der Waals surface area (Å²) in [6.45, 7) is 0. The van der Waals surface area contributed by atoms with Crippen LogP contribution in [0.15, 0.2) is 5.10 Å². The highest BCUT2D eigenvalue weighted by Gasteiger charge is 2.31. The van der Waals surface area contributed by atoms with Gasteiger partial charge in [0, 0.05) is 6.42 Å². The Labute approximate surface area is 72.7 Å². The van der Waals surface area contributed by atoms with Crippen LogP contribution in [0.4, 0.5) is 0 Å². The van der Waals surface area contributed by atoms with Crippen molar-refractivity contribution in [3.63, 3.8) is 0 Å². The monoisotopic (exact) mass is 188 g/mol. The van der Waals surface area contributed by atoms with Crippen LogP contribution in [0, 0.1) is 0 Å². The van der Waals surface area contributed by atoms with Crippen LogP contribution in [-0.4, -0.2) is 22.2 Å². The van der Waals surface area contributed by atoms with Crippen LogP contribution >= 0.6 is 11.8 Å². The molecule has 2 amide bonds. The van der Waals surface area contributed by atoms with Gasteiger partial charge in [-0.2, -0.15) is 5.10 Å². The number of imide groups is 1. The van der Waals surface area contributed by atoms with Gasteiger partial charge in [-0.3, -0.25) is 14.9 Å². The third kappa shape index (κ3) is 1.88. The van der Waals surface area contributed by atoms with Crippen molar-refractivity contribution in [1.29, 1.82) is 0 Å². The molecule has 6 nitrogen and oxygen atoms in total. The van der Waals surface area contributed by atoms with E-state index in [0.717, 1.165) is 11.8 Å². The van der Waals surface area contributed by atoms with Crippen LogP contribution in [0.1, 0.15) is 6.42 Å². The number of carbonyl (C=O) groups is 2. The molecule has 5 N–H and O–H groups in total. The maximum atomic E-state index is 10.9. The third-order valence-corrected chi connectivity index (χ3v) is 2.33. The highest BCUT2D eigenvalue weighted by atomic mass is 32.2. The van der Waals surface area contributed by atoms with Crippen molar-refractivity contribution in [3.8, 4) is 0 Å². The molecule has 1 fully saturated rings. The number of nitrogens with zero attached hydrogens (tertiary/aromatic N) is 1. The lowest BCUT2D eigenvalue weighted by molar-refractivity contribution is -0.124. The number of amidine groups is 1. The molecule has 1 heterocycles. The summed E-state index contributed by atoms with van der Waals surface area (Å²) in [6, 6.07) is 0. The first-order valence-corrected chi connectivity index (χ1v) is 4.05. The van der Waals surface area contributed by atoms with Crippen molar-refractivity contribution in [1.82, 2.24) is 5.32 Å². The zero-order chi connectivity index (χ0) is 9.14. The Morgan fingerprint density at radius 3 is 2.75 bits per heavy atom. The quantitative estimate of drug-likeness (QED) is 0.150. The van der Waals surface area contributed by atoms with Gasteiger partial charge in [0.25, 0.3) is 0 Å². The SMILES string of the molecule is NN=C(N)SC1CC(=O)NC1=O. The molecule has 66 valence electrons. The molecule has 0 saturated carbocycles. The van der Waals surface area contributed by atoms with Crippen molar-refractivity contribution < 1.29 is 9.59 Å². The number of amides is 2. The Bertz CT molecular complexity index is 252. The van der Waals surface area contributed by atoms with Crippen molar-refractivity contribution in [3.05, 3.63) is 0 Å². The summed E-state index contributed by atoms with van der Waals surface area (Å²) in [4.78, 5) is 21.6. The van der Waals surface area contributed by atoms with E-state index in [0.29, 0.717) is 0 Å². The molecule has 0 spiro atoms. The van der Waals surface area contributed by atoms with E-state index in [-0.39, 0.29) is 23.4 Å². The summed E-state index contributed by atoms with van der Waals surface area (Å²) in [6.07, 6.45) is 0.139. The number of rotatable bonds is 1. The summed E-state index contributed by atoms with van der Waals surface area (Å²) in [5.41, 5.74) is 5.26. The third-order valence-electron chi connectivity index (χ3n) is 1.32. The molecule has 1 unspecified atom stereocenters. The van der Waals surface area contributed by atoms with Crippen molar-refractivity contribution in [2.75, 3.05) is 0 Å². The maximum Gasteiger partial charge on any atom is 0.240 e. The number of thioether (sulfide) groups is 1. The molecule has 1 aliphatic heterocycles. The van der Waals surface area contributed by atoms with Crippen LogP contribution in [0.25, 0.3) is 0 Å². The van der Waals surface area contributed by atoms with Gasteiger partial charge < -0.3 is 11.6 Å². The molecule has 0 aliphatic carbocycles. The van der Waals surface area contributed by atoms with E-state index >= 15 is 0 Å². The predicted octanol–water partition coefficient (Wildman–Crippen LogP) is -1.68. The molecule has 1 aliphatic rings. The fourth-order valence-corrected chi connectivity index (χ4v) is 1.55. The number of nitrogens with two attached hydrogens (primary N) is 2. The lowest BCUT2D eigenvalue weighted by Gasteiger charge is -2.02. The Kier molecular flexibility index (Phi) is 2.54. The van der Waals surface area contributed by atoms with Crippen molar-refractivity contribution >= 4 is 28.7 Å². The first-order valence-electron chi connectivity index (χ1n) is 3.17. The van der Waals surface area contributed by atoms with E-state index in [9.17, 15) is 9.59 Å². The van der Waals surface area contributed by atoms with Gasteiger partial charge in [-0.15, -0.1) is 0 Å². The highest BCUT2D eigenvalue weighted by molar-refractivity contribution is 8.14. The van der Waals surface area contributed by atoms with E-state index < -0.39 is 5.25 Å². The van der Waals surface area contributed by atoms with Gasteiger partial charge in [0.2, 0.25) is 11.8 Å². The average Bonchev–Trinajstić information content (AvgIpc) is 2.30. The Balaban J connectivity index is 2.54. The zero-order valence-electron chi connectivity index (χ0n) is 6.11. The highest BCUT2D eigenvalue weighted by Crippen LogP contribution is 2.18. The van der Waals surface area contributed by atoms with Crippen LogP contribution in [0.5, 0.6) is 0 Å². The minimum Gasteiger partial charge on any atom is -0.377 e. The van der Waals surface area contributed by atoms with E-state index in [1.807, 2.05) is 0 Å². The van der Waals surface area contributed by atoms with E-state index in [1.54, 1.807) is 0 Å². The van der Waals surface area contributed by atoms with Gasteiger partial charge in [0.1, 0.15) is 5.25 Å². The molecule has 0 radical (unpaired) electrons. The Morgan fingerprint density at radius 2 is 2.33 bits per heavy atom. The molecule has 0 aromatic carbocycles. The average molecular weight is 188 g/mol. The first-order chi connectivity index (χ1) is 5.63. The normalized spacial score (nSPS) is 24.3. The number of hydrazone groups is 1. The topological polar surface area (TPSA) is 111 Å². The minimum absolute atomic E-state index is 0.102. The fraction of sp³-hybridized carbons (Fsp3) is 0.400. The van der Waals surface area contributed by atoms with Crippen LogP contribution in [0.2, 0.25) is 0 Å². The number of hydrogen-bond acceptors (Lipinski definition) is 5. The molecule has 7 heteroatoms. The molecule has 12 heavy (non-hydrogen) atoms. The van der Waals surface area contributed by atoms with Gasteiger partial charge in [0.15, 0.2) is 5.17 Å². The van der Waals surface area contributed by atoms with Crippen molar-refractivity contribution in [2.24, 2.45) is 16.7 Å². The lowest BCUT2D eigenvalue weighted by atomic mass is 10.4. The van der Waals surface area contributed by atoms with Gasteiger partial charge >= 0.3 is 0 Å². The van der Waals surface area contributed by atoms with Crippen LogP contribution in [0.3, 0.4) is 0 Å². The second-order valence-corrected chi connectivity index (χ2v) is 3.41. The summed E-state index contributed by atoms with van der Waals surface area (Å²) in [5, 5.41) is 4.94. The second-order valence-electron chi connectivity index (χ2n) is 2.19. The zero-order valence-corrected chi connectivity index (χ0v) is 6.93. The summed E-state index contributed by atoms with van der Waals surface area (Å²) >= 11 is 0.989. The molecule has 0 aromatic rings. The summed E-state index contributed by atoms with van der Waals surface area (Å²) in [7, 11) is 0. The molecule has 0 bridgehead atoms. The minimum atomic E-state index is -0.482.